The van der Waals surface area contributed by atoms with Crippen molar-refractivity contribution in [3.05, 3.63) is 35.9 Å². The van der Waals surface area contributed by atoms with Gasteiger partial charge in [-0.2, -0.15) is 0 Å². The lowest BCUT2D eigenvalue weighted by Crippen LogP contribution is -2.24. The molecular formula is C11H15NO. The monoisotopic (exact) mass is 177 g/mol. The second kappa shape index (κ2) is 4.08. The van der Waals surface area contributed by atoms with Crippen molar-refractivity contribution >= 4 is 5.91 Å². The van der Waals surface area contributed by atoms with Crippen molar-refractivity contribution in [2.75, 3.05) is 0 Å². The number of hydrogen-bond acceptors (Lipinski definition) is 1. The van der Waals surface area contributed by atoms with Crippen LogP contribution >= 0.6 is 0 Å². The number of amides is 1. The first kappa shape index (κ1) is 9.78. The van der Waals surface area contributed by atoms with E-state index < -0.39 is 0 Å². The predicted octanol–water partition coefficient (Wildman–Crippen LogP) is 1.91. The largest absolute Gasteiger partial charge is 0.369 e. The Morgan fingerprint density at radius 1 is 1.23 bits per heavy atom. The van der Waals surface area contributed by atoms with E-state index in [1.807, 2.05) is 44.2 Å². The topological polar surface area (TPSA) is 43.1 Å². The van der Waals surface area contributed by atoms with E-state index in [1.54, 1.807) is 0 Å². The van der Waals surface area contributed by atoms with Gasteiger partial charge in [0.05, 0.1) is 0 Å². The molecule has 2 heteroatoms. The van der Waals surface area contributed by atoms with E-state index in [0.717, 1.165) is 5.56 Å². The first-order valence-electron chi connectivity index (χ1n) is 4.47. The average Bonchev–Trinajstić information content (AvgIpc) is 2.17. The molecule has 0 radical (unpaired) electrons. The van der Waals surface area contributed by atoms with Gasteiger partial charge in [-0.1, -0.05) is 44.2 Å². The highest BCUT2D eigenvalue weighted by molar-refractivity contribution is 5.77. The van der Waals surface area contributed by atoms with Gasteiger partial charge in [-0.05, 0) is 11.5 Å². The molecule has 1 unspecified atom stereocenters. The maximum atomic E-state index is 10.9. The van der Waals surface area contributed by atoms with E-state index in [4.69, 9.17) is 5.73 Å². The lowest BCUT2D eigenvalue weighted by molar-refractivity contribution is -0.121. The summed E-state index contributed by atoms with van der Waals surface area (Å²) in [5.41, 5.74) is 6.40. The van der Waals surface area contributed by atoms with Crippen LogP contribution in [0.15, 0.2) is 30.3 Å². The molecule has 1 aromatic rings. The summed E-state index contributed by atoms with van der Waals surface area (Å²) in [6.07, 6.45) is 0. The van der Waals surface area contributed by atoms with Crippen molar-refractivity contribution in [2.24, 2.45) is 11.7 Å². The summed E-state index contributed by atoms with van der Waals surface area (Å²) >= 11 is 0. The van der Waals surface area contributed by atoms with E-state index in [-0.39, 0.29) is 17.7 Å². The average molecular weight is 177 g/mol. The normalized spacial score (nSPS) is 14.9. The summed E-state index contributed by atoms with van der Waals surface area (Å²) in [4.78, 5) is 10.9. The number of rotatable bonds is 3. The first-order chi connectivity index (χ1) is 6.13. The fraction of sp³-hybridized carbons (Fsp3) is 0.364. The van der Waals surface area contributed by atoms with Gasteiger partial charge in [-0.3, -0.25) is 4.79 Å². The van der Waals surface area contributed by atoms with Crippen molar-refractivity contribution in [3.63, 3.8) is 0 Å². The minimum atomic E-state index is -0.239. The number of hydrogen-bond donors (Lipinski definition) is 1. The molecule has 0 aliphatic carbocycles. The minimum absolute atomic E-state index is 0.109. The van der Waals surface area contributed by atoms with Gasteiger partial charge in [0.25, 0.3) is 0 Å². The van der Waals surface area contributed by atoms with Crippen molar-refractivity contribution < 1.29 is 4.79 Å². The Kier molecular flexibility index (Phi) is 3.07. The SMILES string of the molecule is CC(C(N)=O)[C@@H](C)c1ccccc1. The zero-order valence-electron chi connectivity index (χ0n) is 8.03. The molecule has 1 rings (SSSR count). The number of nitrogens with two attached hydrogens (primary N) is 1. The van der Waals surface area contributed by atoms with Gasteiger partial charge in [-0.15, -0.1) is 0 Å². The van der Waals surface area contributed by atoms with Crippen molar-refractivity contribution in [2.45, 2.75) is 19.8 Å². The third-order valence-electron chi connectivity index (χ3n) is 2.52. The molecule has 0 saturated heterocycles. The van der Waals surface area contributed by atoms with Gasteiger partial charge in [0.15, 0.2) is 0 Å². The molecule has 0 aliphatic rings. The zero-order chi connectivity index (χ0) is 9.84. The van der Waals surface area contributed by atoms with Crippen LogP contribution in [0, 0.1) is 5.92 Å². The van der Waals surface area contributed by atoms with Gasteiger partial charge in [0, 0.05) is 5.92 Å². The first-order valence-corrected chi connectivity index (χ1v) is 4.47. The second-order valence-corrected chi connectivity index (χ2v) is 3.39. The number of carbonyl (C=O) groups is 1. The van der Waals surface area contributed by atoms with Crippen LogP contribution in [0.25, 0.3) is 0 Å². The highest BCUT2D eigenvalue weighted by atomic mass is 16.1. The Balaban J connectivity index is 2.79. The maximum Gasteiger partial charge on any atom is 0.220 e. The van der Waals surface area contributed by atoms with Crippen LogP contribution in [-0.2, 0) is 4.79 Å². The summed E-state index contributed by atoms with van der Waals surface area (Å²) < 4.78 is 0. The van der Waals surface area contributed by atoms with Crippen molar-refractivity contribution in [3.8, 4) is 0 Å². The van der Waals surface area contributed by atoms with E-state index >= 15 is 0 Å². The summed E-state index contributed by atoms with van der Waals surface area (Å²) in [6, 6.07) is 9.94. The Bertz CT molecular complexity index is 281. The smallest absolute Gasteiger partial charge is 0.220 e. The maximum absolute atomic E-state index is 10.9. The van der Waals surface area contributed by atoms with E-state index in [0.29, 0.717) is 0 Å². The number of primary amides is 1. The van der Waals surface area contributed by atoms with Gasteiger partial charge < -0.3 is 5.73 Å². The molecule has 0 heterocycles. The van der Waals surface area contributed by atoms with Crippen LogP contribution in [-0.4, -0.2) is 5.91 Å². The highest BCUT2D eigenvalue weighted by Crippen LogP contribution is 2.22. The summed E-state index contributed by atoms with van der Waals surface area (Å²) in [6.45, 7) is 3.88. The summed E-state index contributed by atoms with van der Waals surface area (Å²) in [5.74, 6) is -0.155. The lowest BCUT2D eigenvalue weighted by atomic mass is 9.89. The summed E-state index contributed by atoms with van der Waals surface area (Å²) in [7, 11) is 0. The quantitative estimate of drug-likeness (QED) is 0.753. The Labute approximate surface area is 78.8 Å². The van der Waals surface area contributed by atoms with Crippen LogP contribution in [0.1, 0.15) is 25.3 Å². The molecule has 2 N–H and O–H groups in total. The molecule has 0 aromatic heterocycles. The van der Waals surface area contributed by atoms with Gasteiger partial charge in [-0.25, -0.2) is 0 Å². The van der Waals surface area contributed by atoms with E-state index in [1.165, 1.54) is 0 Å². The van der Waals surface area contributed by atoms with Crippen LogP contribution in [0.3, 0.4) is 0 Å². The van der Waals surface area contributed by atoms with Crippen LogP contribution in [0.2, 0.25) is 0 Å². The van der Waals surface area contributed by atoms with Gasteiger partial charge >= 0.3 is 0 Å². The van der Waals surface area contributed by atoms with Crippen LogP contribution in [0.4, 0.5) is 0 Å². The lowest BCUT2D eigenvalue weighted by Gasteiger charge is -2.16. The van der Waals surface area contributed by atoms with Gasteiger partial charge in [0.1, 0.15) is 0 Å². The van der Waals surface area contributed by atoms with E-state index in [2.05, 4.69) is 0 Å². The molecular weight excluding hydrogens is 162 g/mol. The summed E-state index contributed by atoms with van der Waals surface area (Å²) in [5, 5.41) is 0. The van der Waals surface area contributed by atoms with Crippen molar-refractivity contribution in [1.82, 2.24) is 0 Å². The number of carbonyl (C=O) groups excluding carboxylic acids is 1. The highest BCUT2D eigenvalue weighted by Gasteiger charge is 2.18. The molecule has 2 atom stereocenters. The Morgan fingerprint density at radius 2 is 1.77 bits per heavy atom. The predicted molar refractivity (Wildman–Crippen MR) is 53.2 cm³/mol. The van der Waals surface area contributed by atoms with Gasteiger partial charge in [0.2, 0.25) is 5.91 Å². The van der Waals surface area contributed by atoms with E-state index in [9.17, 15) is 4.79 Å². The van der Waals surface area contributed by atoms with Crippen LogP contribution < -0.4 is 5.73 Å². The zero-order valence-corrected chi connectivity index (χ0v) is 8.03. The van der Waals surface area contributed by atoms with Crippen molar-refractivity contribution in [1.29, 1.82) is 0 Å². The molecule has 1 amide bonds. The fourth-order valence-electron chi connectivity index (χ4n) is 1.29. The molecule has 0 fully saturated rings. The fourth-order valence-corrected chi connectivity index (χ4v) is 1.29. The molecule has 70 valence electrons. The standard InChI is InChI=1S/C11H15NO/c1-8(9(2)11(12)13)10-6-4-3-5-7-10/h3-9H,1-2H3,(H2,12,13)/t8-,9?/m1/s1. The molecule has 0 aliphatic heterocycles. The molecule has 0 spiro atoms. The third kappa shape index (κ3) is 2.31. The minimum Gasteiger partial charge on any atom is -0.369 e. The molecule has 13 heavy (non-hydrogen) atoms. The molecule has 1 aromatic carbocycles. The van der Waals surface area contributed by atoms with Crippen LogP contribution in [0.5, 0.6) is 0 Å². The Hall–Kier alpha value is -1.31. The number of benzene rings is 1. The second-order valence-electron chi connectivity index (χ2n) is 3.39. The molecule has 0 saturated carbocycles. The Morgan fingerprint density at radius 3 is 2.23 bits per heavy atom. The molecule has 0 bridgehead atoms. The third-order valence-corrected chi connectivity index (χ3v) is 2.52. The molecule has 2 nitrogen and oxygen atoms in total.